The number of hydrogen-bond donors (Lipinski definition) is 2. The van der Waals surface area contributed by atoms with Crippen LogP contribution in [-0.2, 0) is 4.74 Å². The van der Waals surface area contributed by atoms with E-state index in [1.54, 1.807) is 0 Å². The predicted octanol–water partition coefficient (Wildman–Crippen LogP) is 5.07. The number of hydrogen-bond acceptors (Lipinski definition) is 5. The molecule has 2 N–H and O–H groups in total. The Bertz CT molecular complexity index is 1230. The number of nitrogens with zero attached hydrogens (tertiary/aromatic N) is 4. The summed E-state index contributed by atoms with van der Waals surface area (Å²) in [4.78, 5) is 16.8. The van der Waals surface area contributed by atoms with Crippen molar-refractivity contribution in [2.24, 2.45) is 5.41 Å². The molecule has 0 radical (unpaired) electrons. The molecular formula is C31H44N6O2. The minimum absolute atomic E-state index is 0.0121. The molecule has 0 aliphatic carbocycles. The van der Waals surface area contributed by atoms with Crippen LogP contribution >= 0.6 is 0 Å². The zero-order valence-electron chi connectivity index (χ0n) is 23.9. The average Bonchev–Trinajstić information content (AvgIpc) is 3.36. The number of amides is 2. The second-order valence-electron chi connectivity index (χ2n) is 11.3. The fraction of sp³-hybridized carbons (Fsp3) is 0.548. The normalized spacial score (nSPS) is 18.8. The first-order valence-corrected chi connectivity index (χ1v) is 14.7. The highest BCUT2D eigenvalue weighted by atomic mass is 16.5. The molecule has 0 atom stereocenters. The van der Waals surface area contributed by atoms with Gasteiger partial charge in [-0.2, -0.15) is 5.10 Å². The molecule has 210 valence electrons. The third-order valence-corrected chi connectivity index (χ3v) is 8.36. The van der Waals surface area contributed by atoms with Gasteiger partial charge < -0.3 is 25.2 Å². The number of nitrogens with one attached hydrogen (secondary N) is 2. The zero-order valence-corrected chi connectivity index (χ0v) is 23.9. The number of likely N-dealkylation sites (tertiary alicyclic amines) is 2. The highest BCUT2D eigenvalue weighted by Gasteiger charge is 2.50. The number of benzene rings is 1. The largest absolute Gasteiger partial charge is 0.381 e. The number of ether oxygens (including phenoxy) is 1. The second kappa shape index (κ2) is 12.0. The monoisotopic (exact) mass is 532 g/mol. The predicted molar refractivity (Wildman–Crippen MR) is 157 cm³/mol. The van der Waals surface area contributed by atoms with Crippen molar-refractivity contribution in [2.75, 3.05) is 57.8 Å². The molecule has 8 nitrogen and oxygen atoms in total. The topological polar surface area (TPSA) is 74.1 Å². The summed E-state index contributed by atoms with van der Waals surface area (Å²) in [5, 5.41) is 11.0. The van der Waals surface area contributed by atoms with Crippen molar-refractivity contribution in [1.29, 1.82) is 0 Å². The van der Waals surface area contributed by atoms with Gasteiger partial charge in [-0.1, -0.05) is 38.1 Å². The summed E-state index contributed by atoms with van der Waals surface area (Å²) in [6, 6.07) is 13.9. The molecule has 8 heteroatoms. The molecule has 1 aromatic carbocycles. The highest BCUT2D eigenvalue weighted by molar-refractivity contribution is 5.79. The van der Waals surface area contributed by atoms with E-state index in [-0.39, 0.29) is 11.4 Å². The first-order valence-electron chi connectivity index (χ1n) is 14.7. The maximum atomic E-state index is 12.3. The summed E-state index contributed by atoms with van der Waals surface area (Å²) in [7, 11) is 0. The lowest BCUT2D eigenvalue weighted by molar-refractivity contribution is -0.175. The Labute approximate surface area is 232 Å². The van der Waals surface area contributed by atoms with Gasteiger partial charge in [0.05, 0.1) is 29.8 Å². The fourth-order valence-corrected chi connectivity index (χ4v) is 5.98. The Morgan fingerprint density at radius 2 is 1.77 bits per heavy atom. The molecular weight excluding hydrogens is 488 g/mol. The number of aromatic nitrogens is 2. The molecule has 0 saturated carbocycles. The molecule has 1 spiro atoms. The van der Waals surface area contributed by atoms with Crippen molar-refractivity contribution in [3.8, 4) is 11.1 Å². The van der Waals surface area contributed by atoms with E-state index < -0.39 is 0 Å². The van der Waals surface area contributed by atoms with Crippen LogP contribution < -0.4 is 10.6 Å². The van der Waals surface area contributed by atoms with E-state index in [4.69, 9.17) is 4.74 Å². The molecule has 3 aromatic rings. The van der Waals surface area contributed by atoms with Crippen molar-refractivity contribution >= 4 is 17.2 Å². The minimum Gasteiger partial charge on any atom is -0.381 e. The van der Waals surface area contributed by atoms with E-state index in [1.807, 2.05) is 35.5 Å². The van der Waals surface area contributed by atoms with Crippen LogP contribution in [0.15, 0.2) is 48.8 Å². The number of carbonyl (C=O) groups is 1. The van der Waals surface area contributed by atoms with Gasteiger partial charge in [0.15, 0.2) is 0 Å². The third-order valence-electron chi connectivity index (χ3n) is 8.36. The Hall–Kier alpha value is -3.10. The van der Waals surface area contributed by atoms with Crippen LogP contribution in [0.1, 0.15) is 52.0 Å². The number of anilines is 1. The van der Waals surface area contributed by atoms with E-state index >= 15 is 0 Å². The molecule has 3 saturated heterocycles. The van der Waals surface area contributed by atoms with Gasteiger partial charge in [0.2, 0.25) is 0 Å². The summed E-state index contributed by atoms with van der Waals surface area (Å²) in [6.07, 6.45) is 6.37. The van der Waals surface area contributed by atoms with Crippen molar-refractivity contribution in [1.82, 2.24) is 24.7 Å². The molecule has 2 amide bonds. The molecule has 5 heterocycles. The van der Waals surface area contributed by atoms with Crippen molar-refractivity contribution in [2.45, 2.75) is 52.5 Å². The van der Waals surface area contributed by atoms with Gasteiger partial charge in [0.25, 0.3) is 0 Å². The van der Waals surface area contributed by atoms with Gasteiger partial charge in [0.1, 0.15) is 0 Å². The standard InChI is InChI=1S/C29H38N6O2.C2H6/c1-21(2)33-13-8-24(9-14-33)22-3-5-23(6-4-22)25-15-27-26(7-10-32-35(27)16-25)30-11-12-31-28(36)34-17-29(18-34)19-37-20-29;1-2/h3-7,10,15-16,21,24,30H,8-9,11-14,17-20H2,1-2H3,(H,31,36);1-2H3. The summed E-state index contributed by atoms with van der Waals surface area (Å²) < 4.78 is 7.21. The van der Waals surface area contributed by atoms with E-state index in [1.165, 1.54) is 37.1 Å². The lowest BCUT2D eigenvalue weighted by Crippen LogP contribution is -2.68. The zero-order chi connectivity index (χ0) is 27.4. The number of carbonyl (C=O) groups excluding carboxylic acids is 1. The molecule has 3 fully saturated rings. The van der Waals surface area contributed by atoms with Gasteiger partial charge in [-0.3, -0.25) is 0 Å². The first kappa shape index (κ1) is 27.5. The first-order chi connectivity index (χ1) is 19.0. The van der Waals surface area contributed by atoms with Crippen LogP contribution in [-0.4, -0.2) is 84.0 Å². The number of urea groups is 1. The molecule has 3 aliphatic rings. The van der Waals surface area contributed by atoms with Gasteiger partial charge in [-0.25, -0.2) is 9.31 Å². The van der Waals surface area contributed by atoms with E-state index in [0.717, 1.165) is 43.1 Å². The van der Waals surface area contributed by atoms with E-state index in [0.29, 0.717) is 25.0 Å². The Balaban J connectivity index is 0.00000151. The van der Waals surface area contributed by atoms with Crippen LogP contribution in [0.25, 0.3) is 16.6 Å². The number of piperidine rings is 1. The van der Waals surface area contributed by atoms with Gasteiger partial charge >= 0.3 is 6.03 Å². The van der Waals surface area contributed by atoms with Crippen LogP contribution in [0.3, 0.4) is 0 Å². The summed E-state index contributed by atoms with van der Waals surface area (Å²) >= 11 is 0. The Morgan fingerprint density at radius 3 is 2.41 bits per heavy atom. The Morgan fingerprint density at radius 1 is 1.05 bits per heavy atom. The highest BCUT2D eigenvalue weighted by Crippen LogP contribution is 2.37. The minimum atomic E-state index is 0.0121. The van der Waals surface area contributed by atoms with Gasteiger partial charge in [-0.05, 0) is 69.0 Å². The lowest BCUT2D eigenvalue weighted by Gasteiger charge is -2.54. The lowest BCUT2D eigenvalue weighted by atomic mass is 9.78. The molecule has 6 rings (SSSR count). The number of fused-ring (bicyclic) bond motifs is 1. The van der Waals surface area contributed by atoms with Crippen LogP contribution in [0.4, 0.5) is 10.5 Å². The SMILES string of the molecule is CC.CC(C)N1CCC(c2ccc(-c3cc4c(NCCNC(=O)N5CC6(COC6)C5)ccnn4c3)cc2)CC1. The third kappa shape index (κ3) is 5.92. The van der Waals surface area contributed by atoms with E-state index in [2.05, 4.69) is 71.0 Å². The Kier molecular flexibility index (Phi) is 8.43. The van der Waals surface area contributed by atoms with Crippen molar-refractivity contribution in [3.63, 3.8) is 0 Å². The van der Waals surface area contributed by atoms with Crippen molar-refractivity contribution in [3.05, 3.63) is 54.4 Å². The van der Waals surface area contributed by atoms with Crippen LogP contribution in [0.2, 0.25) is 0 Å². The van der Waals surface area contributed by atoms with E-state index in [9.17, 15) is 4.79 Å². The number of rotatable bonds is 7. The quantitative estimate of drug-likeness (QED) is 0.416. The molecule has 3 aliphatic heterocycles. The maximum absolute atomic E-state index is 12.3. The maximum Gasteiger partial charge on any atom is 0.317 e. The van der Waals surface area contributed by atoms with Crippen molar-refractivity contribution < 1.29 is 9.53 Å². The summed E-state index contributed by atoms with van der Waals surface area (Å²) in [6.45, 7) is 15.4. The molecule has 2 aromatic heterocycles. The summed E-state index contributed by atoms with van der Waals surface area (Å²) in [5.41, 5.74) is 6.10. The van der Waals surface area contributed by atoms with Crippen LogP contribution in [0.5, 0.6) is 0 Å². The van der Waals surface area contributed by atoms with Crippen LogP contribution in [0, 0.1) is 5.41 Å². The molecule has 0 bridgehead atoms. The summed E-state index contributed by atoms with van der Waals surface area (Å²) in [5.74, 6) is 0.657. The van der Waals surface area contributed by atoms with Gasteiger partial charge in [-0.15, -0.1) is 0 Å². The smallest absolute Gasteiger partial charge is 0.317 e. The molecule has 0 unspecified atom stereocenters. The fourth-order valence-electron chi connectivity index (χ4n) is 5.98. The van der Waals surface area contributed by atoms with Gasteiger partial charge in [0, 0.05) is 50.2 Å². The second-order valence-corrected chi connectivity index (χ2v) is 11.3. The average molecular weight is 533 g/mol. The molecule has 39 heavy (non-hydrogen) atoms.